The number of aliphatic hydroxyl groups excluding tert-OH is 1. The van der Waals surface area contributed by atoms with Gasteiger partial charge in [0.1, 0.15) is 6.17 Å². The first-order valence-corrected chi connectivity index (χ1v) is 3.67. The summed E-state index contributed by atoms with van der Waals surface area (Å²) in [5.74, 6) is -0.115. The third-order valence-electron chi connectivity index (χ3n) is 2.11. The Morgan fingerprint density at radius 2 is 2.40 bits per heavy atom. The predicted octanol–water partition coefficient (Wildman–Crippen LogP) is 0.269. The number of likely N-dealkylation sites (tertiary alicyclic amines) is 1. The van der Waals surface area contributed by atoms with Crippen molar-refractivity contribution in [1.82, 2.24) is 4.90 Å². The third kappa shape index (κ3) is 1.67. The van der Waals surface area contributed by atoms with E-state index >= 15 is 0 Å². The Bertz CT molecular complexity index is 110. The molecule has 0 spiro atoms. The van der Waals surface area contributed by atoms with Crippen molar-refractivity contribution in [3.8, 4) is 0 Å². The average Bonchev–Trinajstić information content (AvgIpc) is 1.88. The summed E-state index contributed by atoms with van der Waals surface area (Å²) in [6.07, 6.45) is -0.0440. The molecular formula is C7H14FNO. The van der Waals surface area contributed by atoms with Crippen LogP contribution in [0, 0.1) is 5.92 Å². The van der Waals surface area contributed by atoms with Gasteiger partial charge in [-0.05, 0) is 20.0 Å². The van der Waals surface area contributed by atoms with Crippen molar-refractivity contribution in [3.05, 3.63) is 0 Å². The lowest BCUT2D eigenvalue weighted by Crippen LogP contribution is -2.40. The zero-order valence-corrected chi connectivity index (χ0v) is 6.26. The molecule has 0 aromatic rings. The number of halogens is 1. The van der Waals surface area contributed by atoms with Crippen molar-refractivity contribution in [3.63, 3.8) is 0 Å². The van der Waals surface area contributed by atoms with Gasteiger partial charge in [-0.1, -0.05) is 0 Å². The topological polar surface area (TPSA) is 23.5 Å². The fourth-order valence-corrected chi connectivity index (χ4v) is 1.31. The molecule has 1 aliphatic heterocycles. The molecule has 0 aliphatic carbocycles. The van der Waals surface area contributed by atoms with Gasteiger partial charge in [0.15, 0.2) is 0 Å². The Morgan fingerprint density at radius 3 is 2.90 bits per heavy atom. The van der Waals surface area contributed by atoms with Gasteiger partial charge in [0, 0.05) is 19.1 Å². The van der Waals surface area contributed by atoms with Gasteiger partial charge in [0.25, 0.3) is 0 Å². The normalized spacial score (nSPS) is 36.3. The van der Waals surface area contributed by atoms with Crippen LogP contribution in [0.1, 0.15) is 6.42 Å². The van der Waals surface area contributed by atoms with Crippen LogP contribution < -0.4 is 0 Å². The monoisotopic (exact) mass is 147 g/mol. The summed E-state index contributed by atoms with van der Waals surface area (Å²) in [5.41, 5.74) is 0. The lowest BCUT2D eigenvalue weighted by Gasteiger charge is -2.30. The second-order valence-electron chi connectivity index (χ2n) is 3.01. The van der Waals surface area contributed by atoms with Crippen LogP contribution in [0.5, 0.6) is 0 Å². The molecule has 0 radical (unpaired) electrons. The van der Waals surface area contributed by atoms with Crippen molar-refractivity contribution >= 4 is 0 Å². The Kier molecular flexibility index (Phi) is 2.63. The van der Waals surface area contributed by atoms with Crippen LogP contribution in [0.2, 0.25) is 0 Å². The molecule has 0 saturated carbocycles. The molecule has 0 aromatic carbocycles. The summed E-state index contributed by atoms with van der Waals surface area (Å²) in [5, 5.41) is 8.69. The van der Waals surface area contributed by atoms with E-state index in [-0.39, 0.29) is 12.5 Å². The molecule has 1 saturated heterocycles. The van der Waals surface area contributed by atoms with Gasteiger partial charge >= 0.3 is 0 Å². The third-order valence-corrected chi connectivity index (χ3v) is 2.11. The second-order valence-corrected chi connectivity index (χ2v) is 3.01. The smallest absolute Gasteiger partial charge is 0.118 e. The summed E-state index contributed by atoms with van der Waals surface area (Å²) in [6, 6.07) is 0. The highest BCUT2D eigenvalue weighted by molar-refractivity contribution is 4.77. The van der Waals surface area contributed by atoms with Crippen molar-refractivity contribution in [2.75, 3.05) is 26.7 Å². The molecule has 0 unspecified atom stereocenters. The minimum atomic E-state index is -0.830. The van der Waals surface area contributed by atoms with E-state index in [0.29, 0.717) is 6.54 Å². The largest absolute Gasteiger partial charge is 0.396 e. The number of piperidine rings is 1. The number of hydrogen-bond acceptors (Lipinski definition) is 2. The molecule has 2 atom stereocenters. The number of rotatable bonds is 1. The molecule has 1 fully saturated rings. The first kappa shape index (κ1) is 7.95. The van der Waals surface area contributed by atoms with E-state index in [4.69, 9.17) is 5.11 Å². The van der Waals surface area contributed by atoms with Gasteiger partial charge in [-0.25, -0.2) is 4.39 Å². The summed E-state index contributed by atoms with van der Waals surface area (Å²) < 4.78 is 12.9. The fraction of sp³-hybridized carbons (Fsp3) is 1.00. The number of nitrogens with zero attached hydrogens (tertiary/aromatic N) is 1. The van der Waals surface area contributed by atoms with E-state index in [2.05, 4.69) is 0 Å². The van der Waals surface area contributed by atoms with Crippen LogP contribution in [-0.4, -0.2) is 42.9 Å². The lowest BCUT2D eigenvalue weighted by molar-refractivity contribution is 0.0622. The number of aliphatic hydroxyl groups is 1. The summed E-state index contributed by atoms with van der Waals surface area (Å²) in [7, 11) is 1.90. The maximum absolute atomic E-state index is 12.9. The molecule has 3 heteroatoms. The summed E-state index contributed by atoms with van der Waals surface area (Å²) in [6.45, 7) is 1.38. The van der Waals surface area contributed by atoms with Gasteiger partial charge in [0.2, 0.25) is 0 Å². The van der Waals surface area contributed by atoms with Gasteiger partial charge in [-0.2, -0.15) is 0 Å². The maximum Gasteiger partial charge on any atom is 0.118 e. The maximum atomic E-state index is 12.9. The van der Waals surface area contributed by atoms with Crippen LogP contribution in [-0.2, 0) is 0 Å². The summed E-state index contributed by atoms with van der Waals surface area (Å²) >= 11 is 0. The number of alkyl halides is 1. The molecule has 1 N–H and O–H groups in total. The molecule has 1 heterocycles. The van der Waals surface area contributed by atoms with E-state index in [1.54, 1.807) is 0 Å². The standard InChI is InChI=1S/C7H14FNO/c1-9-3-2-6(5-10)7(8)4-9/h6-7,10H,2-5H2,1H3/t6-,7-/m1/s1. The van der Waals surface area contributed by atoms with Crippen molar-refractivity contribution in [1.29, 1.82) is 0 Å². The van der Waals surface area contributed by atoms with E-state index in [0.717, 1.165) is 13.0 Å². The molecule has 0 amide bonds. The highest BCUT2D eigenvalue weighted by Gasteiger charge is 2.26. The van der Waals surface area contributed by atoms with Gasteiger partial charge in [-0.15, -0.1) is 0 Å². The van der Waals surface area contributed by atoms with Gasteiger partial charge in [-0.3, -0.25) is 0 Å². The Balaban J connectivity index is 2.36. The van der Waals surface area contributed by atoms with E-state index in [9.17, 15) is 4.39 Å². The quantitative estimate of drug-likeness (QED) is 0.575. The Morgan fingerprint density at radius 1 is 1.70 bits per heavy atom. The Hall–Kier alpha value is -0.150. The number of hydrogen-bond donors (Lipinski definition) is 1. The summed E-state index contributed by atoms with van der Waals surface area (Å²) in [4.78, 5) is 1.96. The molecular weight excluding hydrogens is 133 g/mol. The van der Waals surface area contributed by atoms with Crippen LogP contribution in [0.3, 0.4) is 0 Å². The second kappa shape index (κ2) is 3.30. The van der Waals surface area contributed by atoms with Crippen LogP contribution in [0.15, 0.2) is 0 Å². The highest BCUT2D eigenvalue weighted by atomic mass is 19.1. The molecule has 1 rings (SSSR count). The fourth-order valence-electron chi connectivity index (χ4n) is 1.31. The van der Waals surface area contributed by atoms with Gasteiger partial charge < -0.3 is 10.0 Å². The van der Waals surface area contributed by atoms with E-state index < -0.39 is 6.17 Å². The van der Waals surface area contributed by atoms with Crippen LogP contribution >= 0.6 is 0 Å². The predicted molar refractivity (Wildman–Crippen MR) is 37.6 cm³/mol. The Labute approximate surface area is 60.6 Å². The van der Waals surface area contributed by atoms with Crippen molar-refractivity contribution in [2.45, 2.75) is 12.6 Å². The zero-order chi connectivity index (χ0) is 7.56. The zero-order valence-electron chi connectivity index (χ0n) is 6.26. The van der Waals surface area contributed by atoms with E-state index in [1.807, 2.05) is 11.9 Å². The van der Waals surface area contributed by atoms with Crippen molar-refractivity contribution < 1.29 is 9.50 Å². The minimum absolute atomic E-state index is 0.00495. The lowest BCUT2D eigenvalue weighted by atomic mass is 9.96. The van der Waals surface area contributed by atoms with Crippen LogP contribution in [0.4, 0.5) is 4.39 Å². The first-order chi connectivity index (χ1) is 4.74. The highest BCUT2D eigenvalue weighted by Crippen LogP contribution is 2.18. The molecule has 0 bridgehead atoms. The van der Waals surface area contributed by atoms with Crippen molar-refractivity contribution in [2.24, 2.45) is 5.92 Å². The van der Waals surface area contributed by atoms with E-state index in [1.165, 1.54) is 0 Å². The van der Waals surface area contributed by atoms with Crippen LogP contribution in [0.25, 0.3) is 0 Å². The first-order valence-electron chi connectivity index (χ1n) is 3.67. The van der Waals surface area contributed by atoms with Gasteiger partial charge in [0.05, 0.1) is 0 Å². The molecule has 2 nitrogen and oxygen atoms in total. The SMILES string of the molecule is CN1CC[C@H](CO)[C@H](F)C1. The minimum Gasteiger partial charge on any atom is -0.396 e. The molecule has 1 aliphatic rings. The molecule has 60 valence electrons. The average molecular weight is 147 g/mol. The molecule has 10 heavy (non-hydrogen) atoms. The molecule has 0 aromatic heterocycles.